The number of hydrogen-bond acceptors (Lipinski definition) is 3. The number of carbonyl (C=O) groups excluding carboxylic acids is 1. The van der Waals surface area contributed by atoms with Gasteiger partial charge in [-0.25, -0.2) is 0 Å². The molecule has 2 fully saturated rings. The summed E-state index contributed by atoms with van der Waals surface area (Å²) in [4.78, 5) is 14.3. The van der Waals surface area contributed by atoms with Gasteiger partial charge in [0.15, 0.2) is 6.61 Å². The molecular formula is C16H20Cl2N2O2. The van der Waals surface area contributed by atoms with Crippen LogP contribution < -0.4 is 10.1 Å². The Labute approximate surface area is 140 Å². The van der Waals surface area contributed by atoms with Gasteiger partial charge in [-0.3, -0.25) is 4.79 Å². The molecule has 1 amide bonds. The molecule has 4 nitrogen and oxygen atoms in total. The van der Waals surface area contributed by atoms with Crippen LogP contribution in [0.4, 0.5) is 0 Å². The molecule has 2 aliphatic heterocycles. The van der Waals surface area contributed by atoms with Gasteiger partial charge in [0.05, 0.1) is 5.02 Å². The number of halogens is 2. The van der Waals surface area contributed by atoms with Crippen molar-refractivity contribution in [2.45, 2.75) is 12.8 Å². The van der Waals surface area contributed by atoms with Crippen molar-refractivity contribution in [2.75, 3.05) is 32.8 Å². The molecule has 22 heavy (non-hydrogen) atoms. The predicted octanol–water partition coefficient (Wildman–Crippen LogP) is 2.83. The molecule has 0 aliphatic carbocycles. The average molecular weight is 343 g/mol. The van der Waals surface area contributed by atoms with E-state index in [4.69, 9.17) is 27.9 Å². The molecule has 0 spiro atoms. The summed E-state index contributed by atoms with van der Waals surface area (Å²) in [6.07, 6.45) is 2.15. The van der Waals surface area contributed by atoms with Crippen LogP contribution in [0.5, 0.6) is 5.75 Å². The minimum Gasteiger partial charge on any atom is -0.482 e. The minimum absolute atomic E-state index is 0.0228. The van der Waals surface area contributed by atoms with Crippen LogP contribution >= 0.6 is 23.2 Å². The molecule has 0 bridgehead atoms. The molecule has 3 rings (SSSR count). The number of carbonyl (C=O) groups is 1. The van der Waals surface area contributed by atoms with Crippen LogP contribution in [0.1, 0.15) is 12.8 Å². The predicted molar refractivity (Wildman–Crippen MR) is 87.6 cm³/mol. The summed E-state index contributed by atoms with van der Waals surface area (Å²) in [7, 11) is 0. The topological polar surface area (TPSA) is 41.6 Å². The van der Waals surface area contributed by atoms with Gasteiger partial charge >= 0.3 is 0 Å². The van der Waals surface area contributed by atoms with E-state index in [0.717, 1.165) is 39.0 Å². The fourth-order valence-electron chi connectivity index (χ4n) is 3.29. The van der Waals surface area contributed by atoms with E-state index in [1.165, 1.54) is 0 Å². The van der Waals surface area contributed by atoms with E-state index in [2.05, 4.69) is 5.32 Å². The maximum absolute atomic E-state index is 12.3. The normalized spacial score (nSPS) is 24.7. The fraction of sp³-hybridized carbons (Fsp3) is 0.562. The maximum atomic E-state index is 12.3. The van der Waals surface area contributed by atoms with E-state index in [1.807, 2.05) is 4.90 Å². The van der Waals surface area contributed by atoms with E-state index >= 15 is 0 Å². The van der Waals surface area contributed by atoms with E-state index in [9.17, 15) is 4.79 Å². The molecule has 0 saturated carbocycles. The highest BCUT2D eigenvalue weighted by Crippen LogP contribution is 2.29. The molecule has 2 atom stereocenters. The van der Waals surface area contributed by atoms with Gasteiger partial charge < -0.3 is 15.0 Å². The second-order valence-corrected chi connectivity index (χ2v) is 6.84. The summed E-state index contributed by atoms with van der Waals surface area (Å²) in [6, 6.07) is 5.01. The molecule has 0 aromatic heterocycles. The summed E-state index contributed by atoms with van der Waals surface area (Å²) >= 11 is 11.9. The largest absolute Gasteiger partial charge is 0.482 e. The summed E-state index contributed by atoms with van der Waals surface area (Å²) in [5.74, 6) is 1.95. The first-order valence-electron chi connectivity index (χ1n) is 7.70. The Bertz CT molecular complexity index is 539. The van der Waals surface area contributed by atoms with Crippen molar-refractivity contribution in [3.8, 4) is 5.75 Å². The minimum atomic E-state index is 0.0228. The number of rotatable bonds is 3. The molecule has 1 N–H and O–H groups in total. The average Bonchev–Trinajstić information content (AvgIpc) is 2.85. The number of hydrogen-bond donors (Lipinski definition) is 1. The Morgan fingerprint density at radius 3 is 2.55 bits per heavy atom. The van der Waals surface area contributed by atoms with Crippen LogP contribution in [-0.2, 0) is 4.79 Å². The molecule has 0 unspecified atom stereocenters. The zero-order valence-corrected chi connectivity index (χ0v) is 13.9. The number of benzene rings is 1. The number of fused-ring (bicyclic) bond motifs is 1. The van der Waals surface area contributed by atoms with Crippen molar-refractivity contribution in [2.24, 2.45) is 11.8 Å². The van der Waals surface area contributed by atoms with E-state index in [-0.39, 0.29) is 12.5 Å². The van der Waals surface area contributed by atoms with Gasteiger partial charge in [0.25, 0.3) is 5.91 Å². The maximum Gasteiger partial charge on any atom is 0.260 e. The van der Waals surface area contributed by atoms with Crippen molar-refractivity contribution in [3.63, 3.8) is 0 Å². The van der Waals surface area contributed by atoms with Gasteiger partial charge in [0.1, 0.15) is 5.75 Å². The Hall–Kier alpha value is -0.970. The third-order valence-electron chi connectivity index (χ3n) is 4.62. The van der Waals surface area contributed by atoms with Crippen LogP contribution in [0.25, 0.3) is 0 Å². The van der Waals surface area contributed by atoms with Gasteiger partial charge in [0, 0.05) is 18.1 Å². The molecule has 1 aromatic rings. The van der Waals surface area contributed by atoms with Gasteiger partial charge in [-0.1, -0.05) is 23.2 Å². The molecule has 1 aromatic carbocycles. The van der Waals surface area contributed by atoms with E-state index < -0.39 is 0 Å². The van der Waals surface area contributed by atoms with Crippen LogP contribution in [0.2, 0.25) is 10.0 Å². The van der Waals surface area contributed by atoms with Gasteiger partial charge in [-0.2, -0.15) is 0 Å². The molecule has 2 aliphatic rings. The lowest BCUT2D eigenvalue weighted by atomic mass is 9.92. The number of nitrogens with one attached hydrogen (secondary N) is 1. The van der Waals surface area contributed by atoms with Crippen molar-refractivity contribution in [3.05, 3.63) is 28.2 Å². The molecule has 0 radical (unpaired) electrons. The van der Waals surface area contributed by atoms with Crippen molar-refractivity contribution < 1.29 is 9.53 Å². The lowest BCUT2D eigenvalue weighted by Gasteiger charge is -2.21. The first-order valence-corrected chi connectivity index (χ1v) is 8.45. The highest BCUT2D eigenvalue weighted by atomic mass is 35.5. The van der Waals surface area contributed by atoms with E-state index in [0.29, 0.717) is 27.6 Å². The zero-order valence-electron chi connectivity index (χ0n) is 12.4. The first kappa shape index (κ1) is 15.9. The third kappa shape index (κ3) is 3.67. The molecule has 6 heteroatoms. The number of likely N-dealkylation sites (tertiary alicyclic amines) is 1. The van der Waals surface area contributed by atoms with Crippen LogP contribution in [0.3, 0.4) is 0 Å². The van der Waals surface area contributed by atoms with Crippen LogP contribution in [-0.4, -0.2) is 43.6 Å². The highest BCUT2D eigenvalue weighted by Gasteiger charge is 2.31. The number of amides is 1. The van der Waals surface area contributed by atoms with Crippen molar-refractivity contribution in [1.82, 2.24) is 10.2 Å². The number of ether oxygens (including phenoxy) is 1. The standard InChI is InChI=1S/C16H20Cl2N2O2/c17-13-1-2-15(14(18)7-13)22-10-16(21)20-5-3-11-8-19-9-12(11)4-6-20/h1-2,7,11-12,19H,3-6,8-10H2/t11-,12+. The van der Waals surface area contributed by atoms with Gasteiger partial charge in [-0.15, -0.1) is 0 Å². The molecular weight excluding hydrogens is 323 g/mol. The highest BCUT2D eigenvalue weighted by molar-refractivity contribution is 6.35. The quantitative estimate of drug-likeness (QED) is 0.918. The second kappa shape index (κ2) is 7.07. The van der Waals surface area contributed by atoms with E-state index in [1.54, 1.807) is 18.2 Å². The Morgan fingerprint density at radius 2 is 1.91 bits per heavy atom. The van der Waals surface area contributed by atoms with Crippen LogP contribution in [0, 0.1) is 11.8 Å². The Balaban J connectivity index is 1.53. The lowest BCUT2D eigenvalue weighted by molar-refractivity contribution is -0.133. The zero-order chi connectivity index (χ0) is 15.5. The lowest BCUT2D eigenvalue weighted by Crippen LogP contribution is -2.36. The molecule has 2 heterocycles. The third-order valence-corrected chi connectivity index (χ3v) is 5.15. The SMILES string of the molecule is O=C(COc1ccc(Cl)cc1Cl)N1CC[C@@H]2CNC[C@@H]2CC1. The first-order chi connectivity index (χ1) is 10.6. The van der Waals surface area contributed by atoms with Gasteiger partial charge in [-0.05, 0) is 56.0 Å². The summed E-state index contributed by atoms with van der Waals surface area (Å²) in [6.45, 7) is 3.83. The summed E-state index contributed by atoms with van der Waals surface area (Å²) < 4.78 is 5.55. The Morgan fingerprint density at radius 1 is 1.23 bits per heavy atom. The summed E-state index contributed by atoms with van der Waals surface area (Å²) in [5, 5.41) is 4.42. The van der Waals surface area contributed by atoms with Crippen LogP contribution in [0.15, 0.2) is 18.2 Å². The van der Waals surface area contributed by atoms with Gasteiger partial charge in [0.2, 0.25) is 0 Å². The molecule has 120 valence electrons. The summed E-state index contributed by atoms with van der Waals surface area (Å²) in [5.41, 5.74) is 0. The fourth-order valence-corrected chi connectivity index (χ4v) is 3.75. The molecule has 2 saturated heterocycles. The smallest absolute Gasteiger partial charge is 0.260 e. The van der Waals surface area contributed by atoms with Crippen molar-refractivity contribution in [1.29, 1.82) is 0 Å². The second-order valence-electron chi connectivity index (χ2n) is 6.00. The Kier molecular flexibility index (Phi) is 5.11. The monoisotopic (exact) mass is 342 g/mol. The number of nitrogens with zero attached hydrogens (tertiary/aromatic N) is 1. The van der Waals surface area contributed by atoms with Crippen molar-refractivity contribution >= 4 is 29.1 Å².